The summed E-state index contributed by atoms with van der Waals surface area (Å²) in [6, 6.07) is 6.57. The van der Waals surface area contributed by atoms with E-state index in [0.717, 1.165) is 23.0 Å². The zero-order valence-electron chi connectivity index (χ0n) is 27.6. The molecule has 2 aromatic rings. The third kappa shape index (κ3) is 10.1. The summed E-state index contributed by atoms with van der Waals surface area (Å²) in [5.74, 6) is -0.162. The summed E-state index contributed by atoms with van der Waals surface area (Å²) >= 11 is 0. The van der Waals surface area contributed by atoms with Crippen LogP contribution in [0.15, 0.2) is 24.3 Å². The predicted molar refractivity (Wildman–Crippen MR) is 175 cm³/mol. The molecule has 0 radical (unpaired) electrons. The van der Waals surface area contributed by atoms with Crippen LogP contribution in [0.25, 0.3) is 0 Å². The summed E-state index contributed by atoms with van der Waals surface area (Å²) in [7, 11) is 7.32. The van der Waals surface area contributed by atoms with Crippen LogP contribution in [0.1, 0.15) is 147 Å². The molecule has 1 aliphatic rings. The first-order valence-corrected chi connectivity index (χ1v) is 16.8. The number of nitrogens with zero attached hydrogens (tertiary/aromatic N) is 1. The van der Waals surface area contributed by atoms with E-state index in [-0.39, 0.29) is 39.5 Å². The van der Waals surface area contributed by atoms with E-state index in [1.165, 1.54) is 111 Å². The Balaban J connectivity index is 1.40. The Morgan fingerprint density at radius 3 is 1.65 bits per heavy atom. The van der Waals surface area contributed by atoms with E-state index in [9.17, 15) is 14.7 Å². The lowest BCUT2D eigenvalue weighted by Gasteiger charge is -2.30. The highest BCUT2D eigenvalue weighted by molar-refractivity contribution is 6.30. The quantitative estimate of drug-likeness (QED) is 0.0984. The van der Waals surface area contributed by atoms with E-state index in [1.54, 1.807) is 24.3 Å². The number of ketones is 2. The van der Waals surface area contributed by atoms with Gasteiger partial charge in [-0.05, 0) is 31.0 Å². The Labute approximate surface area is 260 Å². The molecular weight excluding hydrogens is 538 g/mol. The molecule has 0 bridgehead atoms. The van der Waals surface area contributed by atoms with E-state index >= 15 is 0 Å². The zero-order chi connectivity index (χ0) is 31.2. The summed E-state index contributed by atoms with van der Waals surface area (Å²) in [5, 5.41) is 10.9. The molecule has 238 valence electrons. The van der Waals surface area contributed by atoms with Crippen molar-refractivity contribution in [2.75, 3.05) is 34.9 Å². The van der Waals surface area contributed by atoms with Crippen LogP contribution in [0.3, 0.4) is 0 Å². The second kappa shape index (κ2) is 17.4. The summed E-state index contributed by atoms with van der Waals surface area (Å²) in [6.07, 6.45) is 21.7. The van der Waals surface area contributed by atoms with Gasteiger partial charge in [-0.1, -0.05) is 96.8 Å². The molecule has 6 heteroatoms. The molecule has 3 rings (SSSR count). The first-order chi connectivity index (χ1) is 20.7. The Hall–Kier alpha value is -2.86. The number of rotatable bonds is 21. The van der Waals surface area contributed by atoms with Crippen LogP contribution in [0.2, 0.25) is 0 Å². The minimum Gasteiger partial charge on any atom is -0.507 e. The smallest absolute Gasteiger partial charge is 0.201 e. The Kier molecular flexibility index (Phi) is 14.0. The van der Waals surface area contributed by atoms with Gasteiger partial charge in [0, 0.05) is 22.8 Å². The maximum Gasteiger partial charge on any atom is 0.201 e. The van der Waals surface area contributed by atoms with Crippen LogP contribution in [0.4, 0.5) is 0 Å². The fourth-order valence-corrected chi connectivity index (χ4v) is 6.41. The lowest BCUT2D eigenvalue weighted by atomic mass is 9.82. The molecule has 0 atom stereocenters. The van der Waals surface area contributed by atoms with Crippen LogP contribution in [-0.2, 0) is 6.54 Å². The number of carbonyl (C=O) groups excluding carboxylic acids is 2. The van der Waals surface area contributed by atoms with Crippen LogP contribution >= 0.6 is 0 Å². The number of aromatic hydroxyl groups is 1. The molecule has 0 unspecified atom stereocenters. The standard InChI is InChI=1S/C37H55NO5/c1-6-7-8-9-10-11-12-13-14-15-16-17-18-19-20-21-22-38(2,3)27-28-23-30-34(32(39)24-28)37(41)35-31(36(30)40)25-29(42-4)26-33(35)43-5/h23-26H,6-22,27H2,1-5H3/p+1. The van der Waals surface area contributed by atoms with Crippen molar-refractivity contribution in [3.8, 4) is 17.2 Å². The van der Waals surface area contributed by atoms with E-state index in [2.05, 4.69) is 21.0 Å². The molecule has 0 fully saturated rings. The predicted octanol–water partition coefficient (Wildman–Crippen LogP) is 9.02. The highest BCUT2D eigenvalue weighted by Gasteiger charge is 2.36. The lowest BCUT2D eigenvalue weighted by Crippen LogP contribution is -2.39. The molecule has 0 spiro atoms. The van der Waals surface area contributed by atoms with Crippen molar-refractivity contribution < 1.29 is 28.7 Å². The fourth-order valence-electron chi connectivity index (χ4n) is 6.41. The first-order valence-electron chi connectivity index (χ1n) is 16.8. The molecule has 6 nitrogen and oxygen atoms in total. The maximum atomic E-state index is 13.5. The highest BCUT2D eigenvalue weighted by Crippen LogP contribution is 2.40. The van der Waals surface area contributed by atoms with Crippen molar-refractivity contribution in [1.82, 2.24) is 0 Å². The van der Waals surface area contributed by atoms with Gasteiger partial charge in [-0.15, -0.1) is 0 Å². The van der Waals surface area contributed by atoms with Gasteiger partial charge in [0.25, 0.3) is 0 Å². The average Bonchev–Trinajstić information content (AvgIpc) is 2.98. The molecule has 0 saturated heterocycles. The first kappa shape index (κ1) is 34.6. The van der Waals surface area contributed by atoms with E-state index < -0.39 is 5.78 Å². The van der Waals surface area contributed by atoms with Gasteiger partial charge in [0.2, 0.25) is 5.78 Å². The number of fused-ring (bicyclic) bond motifs is 2. The lowest BCUT2D eigenvalue weighted by molar-refractivity contribution is -0.903. The minimum absolute atomic E-state index is 0.0489. The van der Waals surface area contributed by atoms with Gasteiger partial charge < -0.3 is 19.1 Å². The fraction of sp³-hybridized carbons (Fsp3) is 0.622. The van der Waals surface area contributed by atoms with E-state index in [4.69, 9.17) is 9.47 Å². The maximum absolute atomic E-state index is 13.5. The Morgan fingerprint density at radius 1 is 0.628 bits per heavy atom. The van der Waals surface area contributed by atoms with Crippen LogP contribution < -0.4 is 9.47 Å². The molecule has 1 aliphatic carbocycles. The molecule has 0 aliphatic heterocycles. The van der Waals surface area contributed by atoms with Gasteiger partial charge >= 0.3 is 0 Å². The van der Waals surface area contributed by atoms with Gasteiger partial charge in [0.15, 0.2) is 5.78 Å². The van der Waals surface area contributed by atoms with Crippen LogP contribution in [-0.4, -0.2) is 56.0 Å². The minimum atomic E-state index is -0.407. The van der Waals surface area contributed by atoms with Gasteiger partial charge in [-0.2, -0.15) is 0 Å². The largest absolute Gasteiger partial charge is 0.507 e. The number of phenolic OH excluding ortho intramolecular Hbond substituents is 1. The average molecular weight is 595 g/mol. The second-order valence-corrected chi connectivity index (χ2v) is 13.1. The molecule has 0 saturated carbocycles. The molecule has 0 aromatic heterocycles. The normalized spacial score (nSPS) is 12.8. The number of phenols is 1. The van der Waals surface area contributed by atoms with Crippen molar-refractivity contribution in [3.05, 3.63) is 52.1 Å². The molecular formula is C37H56NO5+. The number of carbonyl (C=O) groups is 2. The molecule has 2 aromatic carbocycles. The Bertz CT molecular complexity index is 1200. The molecule has 43 heavy (non-hydrogen) atoms. The van der Waals surface area contributed by atoms with Crippen molar-refractivity contribution in [3.63, 3.8) is 0 Å². The topological polar surface area (TPSA) is 72.8 Å². The Morgan fingerprint density at radius 2 is 1.14 bits per heavy atom. The summed E-state index contributed by atoms with van der Waals surface area (Å²) in [4.78, 5) is 26.9. The summed E-state index contributed by atoms with van der Waals surface area (Å²) < 4.78 is 11.5. The number of benzene rings is 2. The third-order valence-electron chi connectivity index (χ3n) is 8.88. The number of ether oxygens (including phenoxy) is 2. The van der Waals surface area contributed by atoms with Gasteiger partial charge in [-0.25, -0.2) is 0 Å². The van der Waals surface area contributed by atoms with Crippen molar-refractivity contribution in [1.29, 1.82) is 0 Å². The number of quaternary nitrogens is 1. The van der Waals surface area contributed by atoms with E-state index in [1.807, 2.05) is 0 Å². The third-order valence-corrected chi connectivity index (χ3v) is 8.88. The number of hydrogen-bond donors (Lipinski definition) is 1. The number of methoxy groups -OCH3 is 2. The van der Waals surface area contributed by atoms with Gasteiger partial charge in [-0.3, -0.25) is 9.59 Å². The van der Waals surface area contributed by atoms with Crippen LogP contribution in [0, 0.1) is 0 Å². The van der Waals surface area contributed by atoms with Crippen molar-refractivity contribution in [2.24, 2.45) is 0 Å². The number of unbranched alkanes of at least 4 members (excludes halogenated alkanes) is 15. The van der Waals surface area contributed by atoms with Crippen LogP contribution in [0.5, 0.6) is 17.2 Å². The van der Waals surface area contributed by atoms with Gasteiger partial charge in [0.05, 0.1) is 46.0 Å². The molecule has 0 heterocycles. The number of hydrogen-bond acceptors (Lipinski definition) is 5. The SMILES string of the molecule is CCCCCCCCCCCCCCCCCC[N+](C)(C)Cc1cc(O)c2c(c1)C(=O)c1cc(OC)cc(OC)c1C2=O. The molecule has 1 N–H and O–H groups in total. The highest BCUT2D eigenvalue weighted by atomic mass is 16.5. The monoisotopic (exact) mass is 594 g/mol. The summed E-state index contributed by atoms with van der Waals surface area (Å²) in [6.45, 7) is 3.95. The zero-order valence-corrected chi connectivity index (χ0v) is 27.6. The van der Waals surface area contributed by atoms with Crippen molar-refractivity contribution >= 4 is 11.6 Å². The summed E-state index contributed by atoms with van der Waals surface area (Å²) in [5.41, 5.74) is 1.55. The van der Waals surface area contributed by atoms with Gasteiger partial charge in [0.1, 0.15) is 23.8 Å². The van der Waals surface area contributed by atoms with E-state index in [0.29, 0.717) is 12.3 Å². The van der Waals surface area contributed by atoms with Crippen molar-refractivity contribution in [2.45, 2.75) is 116 Å². The molecule has 0 amide bonds. The second-order valence-electron chi connectivity index (χ2n) is 13.1.